The van der Waals surface area contributed by atoms with Crippen molar-refractivity contribution in [3.8, 4) is 0 Å². The standard InChI is InChI=1S/C16H22N6O2/c1-12-3-4-15(20-19-12)17-6-5-14-11-22(7-8-24-14)13-9-16(23)21(2)18-10-13/h3-4,9-10,14H,5-8,11H2,1-2H3,(H,17,20). The number of aromatic nitrogens is 4. The zero-order valence-electron chi connectivity index (χ0n) is 14.0. The van der Waals surface area contributed by atoms with Crippen molar-refractivity contribution in [3.05, 3.63) is 40.4 Å². The second-order valence-corrected chi connectivity index (χ2v) is 5.89. The molecule has 2 aromatic heterocycles. The highest BCUT2D eigenvalue weighted by atomic mass is 16.5. The Hall–Kier alpha value is -2.48. The molecule has 8 nitrogen and oxygen atoms in total. The lowest BCUT2D eigenvalue weighted by molar-refractivity contribution is 0.0374. The number of nitrogens with one attached hydrogen (secondary N) is 1. The summed E-state index contributed by atoms with van der Waals surface area (Å²) in [6, 6.07) is 5.47. The van der Waals surface area contributed by atoms with Gasteiger partial charge in [0.2, 0.25) is 0 Å². The fourth-order valence-corrected chi connectivity index (χ4v) is 2.62. The van der Waals surface area contributed by atoms with Gasteiger partial charge in [-0.05, 0) is 25.5 Å². The van der Waals surface area contributed by atoms with Gasteiger partial charge < -0.3 is 15.0 Å². The summed E-state index contributed by atoms with van der Waals surface area (Å²) in [5.41, 5.74) is 1.65. The van der Waals surface area contributed by atoms with Gasteiger partial charge in [0.15, 0.2) is 0 Å². The molecule has 8 heteroatoms. The fourth-order valence-electron chi connectivity index (χ4n) is 2.62. The first kappa shape index (κ1) is 16.4. The SMILES string of the molecule is Cc1ccc(NCCC2CN(c3cnn(C)c(=O)c3)CCO2)nn1. The molecule has 0 amide bonds. The van der Waals surface area contributed by atoms with Crippen LogP contribution in [0.2, 0.25) is 0 Å². The minimum Gasteiger partial charge on any atom is -0.374 e. The highest BCUT2D eigenvalue weighted by molar-refractivity contribution is 5.43. The van der Waals surface area contributed by atoms with Crippen LogP contribution < -0.4 is 15.8 Å². The van der Waals surface area contributed by atoms with Crippen molar-refractivity contribution in [2.75, 3.05) is 36.5 Å². The molecule has 3 heterocycles. The van der Waals surface area contributed by atoms with Crippen LogP contribution in [0.5, 0.6) is 0 Å². The van der Waals surface area contributed by atoms with Crippen molar-refractivity contribution in [3.63, 3.8) is 0 Å². The highest BCUT2D eigenvalue weighted by Crippen LogP contribution is 2.16. The van der Waals surface area contributed by atoms with Crippen LogP contribution in [-0.4, -0.2) is 52.3 Å². The van der Waals surface area contributed by atoms with Gasteiger partial charge in [0.1, 0.15) is 5.82 Å². The monoisotopic (exact) mass is 330 g/mol. The lowest BCUT2D eigenvalue weighted by Crippen LogP contribution is -2.43. The van der Waals surface area contributed by atoms with E-state index in [4.69, 9.17) is 4.74 Å². The third kappa shape index (κ3) is 4.08. The van der Waals surface area contributed by atoms with Crippen LogP contribution in [0.4, 0.5) is 11.5 Å². The molecular formula is C16H22N6O2. The zero-order valence-corrected chi connectivity index (χ0v) is 14.0. The average Bonchev–Trinajstić information content (AvgIpc) is 2.59. The van der Waals surface area contributed by atoms with E-state index in [-0.39, 0.29) is 11.7 Å². The summed E-state index contributed by atoms with van der Waals surface area (Å²) >= 11 is 0. The largest absolute Gasteiger partial charge is 0.374 e. The molecule has 0 radical (unpaired) electrons. The lowest BCUT2D eigenvalue weighted by atomic mass is 10.2. The van der Waals surface area contributed by atoms with E-state index in [1.54, 1.807) is 19.3 Å². The van der Waals surface area contributed by atoms with Crippen molar-refractivity contribution in [2.45, 2.75) is 19.4 Å². The van der Waals surface area contributed by atoms with E-state index in [2.05, 4.69) is 25.5 Å². The molecule has 1 unspecified atom stereocenters. The van der Waals surface area contributed by atoms with Crippen LogP contribution in [0, 0.1) is 6.92 Å². The molecule has 0 bridgehead atoms. The van der Waals surface area contributed by atoms with Gasteiger partial charge in [0.25, 0.3) is 5.56 Å². The number of rotatable bonds is 5. The molecule has 128 valence electrons. The summed E-state index contributed by atoms with van der Waals surface area (Å²) in [4.78, 5) is 13.9. The summed E-state index contributed by atoms with van der Waals surface area (Å²) in [6.45, 7) is 4.82. The maximum Gasteiger partial charge on any atom is 0.268 e. The van der Waals surface area contributed by atoms with E-state index < -0.39 is 0 Å². The summed E-state index contributed by atoms with van der Waals surface area (Å²) < 4.78 is 7.15. The molecule has 1 fully saturated rings. The molecule has 0 aromatic carbocycles. The quantitative estimate of drug-likeness (QED) is 0.858. The lowest BCUT2D eigenvalue weighted by Gasteiger charge is -2.34. The number of ether oxygens (including phenoxy) is 1. The molecule has 0 saturated carbocycles. The summed E-state index contributed by atoms with van der Waals surface area (Å²) in [5.74, 6) is 0.768. The third-order valence-electron chi connectivity index (χ3n) is 4.03. The van der Waals surface area contributed by atoms with E-state index in [0.717, 1.165) is 43.3 Å². The predicted octanol–water partition coefficient (Wildman–Crippen LogP) is 0.586. The van der Waals surface area contributed by atoms with Crippen LogP contribution in [-0.2, 0) is 11.8 Å². The van der Waals surface area contributed by atoms with Crippen molar-refractivity contribution in [2.24, 2.45) is 7.05 Å². The van der Waals surface area contributed by atoms with Gasteiger partial charge in [-0.1, -0.05) is 0 Å². The number of nitrogens with zero attached hydrogens (tertiary/aromatic N) is 5. The Kier molecular flexibility index (Phi) is 5.05. The first-order chi connectivity index (χ1) is 11.6. The second kappa shape index (κ2) is 7.39. The number of hydrogen-bond acceptors (Lipinski definition) is 7. The Morgan fingerprint density at radius 2 is 2.25 bits per heavy atom. The highest BCUT2D eigenvalue weighted by Gasteiger charge is 2.21. The molecule has 1 saturated heterocycles. The Bertz CT molecular complexity index is 730. The van der Waals surface area contributed by atoms with Crippen molar-refractivity contribution >= 4 is 11.5 Å². The Morgan fingerprint density at radius 3 is 3.00 bits per heavy atom. The molecule has 3 rings (SSSR count). The zero-order chi connectivity index (χ0) is 16.9. The molecular weight excluding hydrogens is 308 g/mol. The molecule has 0 aliphatic carbocycles. The molecule has 1 atom stereocenters. The van der Waals surface area contributed by atoms with Gasteiger partial charge in [-0.15, -0.1) is 5.10 Å². The Balaban J connectivity index is 1.52. The predicted molar refractivity (Wildman–Crippen MR) is 91.3 cm³/mol. The van der Waals surface area contributed by atoms with Crippen LogP contribution >= 0.6 is 0 Å². The van der Waals surface area contributed by atoms with Crippen molar-refractivity contribution in [1.29, 1.82) is 0 Å². The van der Waals surface area contributed by atoms with Crippen LogP contribution in [0.1, 0.15) is 12.1 Å². The topological polar surface area (TPSA) is 85.2 Å². The van der Waals surface area contributed by atoms with E-state index >= 15 is 0 Å². The number of aryl methyl sites for hydroxylation is 2. The van der Waals surface area contributed by atoms with E-state index in [1.807, 2.05) is 19.1 Å². The maximum atomic E-state index is 11.7. The number of hydrogen-bond donors (Lipinski definition) is 1. The second-order valence-electron chi connectivity index (χ2n) is 5.89. The molecule has 2 aromatic rings. The number of anilines is 2. The first-order valence-electron chi connectivity index (χ1n) is 8.06. The Morgan fingerprint density at radius 1 is 1.38 bits per heavy atom. The molecule has 0 spiro atoms. The molecule has 24 heavy (non-hydrogen) atoms. The maximum absolute atomic E-state index is 11.7. The van der Waals surface area contributed by atoms with Gasteiger partial charge >= 0.3 is 0 Å². The van der Waals surface area contributed by atoms with Crippen molar-refractivity contribution < 1.29 is 4.74 Å². The molecule has 1 aliphatic heterocycles. The Labute approximate surface area is 140 Å². The number of morpholine rings is 1. The van der Waals surface area contributed by atoms with Crippen LogP contribution in [0.25, 0.3) is 0 Å². The average molecular weight is 330 g/mol. The van der Waals surface area contributed by atoms with E-state index in [1.165, 1.54) is 4.68 Å². The fraction of sp³-hybridized carbons (Fsp3) is 0.500. The van der Waals surface area contributed by atoms with Gasteiger partial charge in [-0.25, -0.2) is 4.68 Å². The first-order valence-corrected chi connectivity index (χ1v) is 8.06. The van der Waals surface area contributed by atoms with Crippen LogP contribution in [0.3, 0.4) is 0 Å². The normalized spacial score (nSPS) is 17.8. The van der Waals surface area contributed by atoms with Gasteiger partial charge in [0.05, 0.1) is 30.3 Å². The summed E-state index contributed by atoms with van der Waals surface area (Å²) in [7, 11) is 1.65. The van der Waals surface area contributed by atoms with E-state index in [0.29, 0.717) is 6.61 Å². The minimum atomic E-state index is -0.102. The van der Waals surface area contributed by atoms with Gasteiger partial charge in [-0.2, -0.15) is 10.2 Å². The van der Waals surface area contributed by atoms with Gasteiger partial charge in [0, 0.05) is 32.7 Å². The summed E-state index contributed by atoms with van der Waals surface area (Å²) in [5, 5.41) is 15.4. The molecule has 1 N–H and O–H groups in total. The minimum absolute atomic E-state index is 0.102. The summed E-state index contributed by atoms with van der Waals surface area (Å²) in [6.07, 6.45) is 2.68. The van der Waals surface area contributed by atoms with Gasteiger partial charge in [-0.3, -0.25) is 4.79 Å². The molecule has 1 aliphatic rings. The van der Waals surface area contributed by atoms with Crippen molar-refractivity contribution in [1.82, 2.24) is 20.0 Å². The third-order valence-corrected chi connectivity index (χ3v) is 4.03. The smallest absolute Gasteiger partial charge is 0.268 e. The van der Waals surface area contributed by atoms with Crippen LogP contribution in [0.15, 0.2) is 29.2 Å². The van der Waals surface area contributed by atoms with E-state index in [9.17, 15) is 4.79 Å².